The first-order valence-electron chi connectivity index (χ1n) is 9.32. The third kappa shape index (κ3) is 3.46. The fourth-order valence-electron chi connectivity index (χ4n) is 4.27. The highest BCUT2D eigenvalue weighted by Gasteiger charge is 2.44. The Bertz CT molecular complexity index is 820. The van der Waals surface area contributed by atoms with Crippen LogP contribution in [0, 0.1) is 5.41 Å². The standard InChI is InChI=1S/C22H27NO4/c1-5-22(6-2)13-16-9-14(7-8-19(16)20(22)23-21(24)25)15-10-17(26-3)12-18(11-15)27-4/h7-12,20,23H,5-6,13H2,1-4H3,(H,24,25). The Hall–Kier alpha value is -2.69. The zero-order chi connectivity index (χ0) is 19.6. The summed E-state index contributed by atoms with van der Waals surface area (Å²) >= 11 is 0. The van der Waals surface area contributed by atoms with Crippen LogP contribution in [0.15, 0.2) is 36.4 Å². The van der Waals surface area contributed by atoms with Gasteiger partial charge in [0.25, 0.3) is 0 Å². The van der Waals surface area contributed by atoms with Crippen molar-refractivity contribution in [3.8, 4) is 22.6 Å². The monoisotopic (exact) mass is 369 g/mol. The zero-order valence-electron chi connectivity index (χ0n) is 16.3. The van der Waals surface area contributed by atoms with Crippen LogP contribution in [0.1, 0.15) is 43.9 Å². The molecule has 2 aromatic rings. The van der Waals surface area contributed by atoms with Crippen LogP contribution in [-0.4, -0.2) is 25.4 Å². The molecule has 2 N–H and O–H groups in total. The molecule has 1 atom stereocenters. The number of amides is 1. The summed E-state index contributed by atoms with van der Waals surface area (Å²) in [6.45, 7) is 4.28. The molecule has 1 unspecified atom stereocenters. The van der Waals surface area contributed by atoms with Crippen molar-refractivity contribution >= 4 is 6.09 Å². The molecule has 0 saturated carbocycles. The molecule has 0 bridgehead atoms. The van der Waals surface area contributed by atoms with E-state index in [1.165, 1.54) is 5.56 Å². The van der Waals surface area contributed by atoms with Crippen LogP contribution in [0.2, 0.25) is 0 Å². The molecule has 27 heavy (non-hydrogen) atoms. The van der Waals surface area contributed by atoms with Crippen molar-refractivity contribution in [1.82, 2.24) is 5.32 Å². The first kappa shape index (κ1) is 19.1. The van der Waals surface area contributed by atoms with E-state index in [-0.39, 0.29) is 11.5 Å². The molecule has 0 aromatic heterocycles. The van der Waals surface area contributed by atoms with E-state index >= 15 is 0 Å². The third-order valence-electron chi connectivity index (χ3n) is 5.97. The van der Waals surface area contributed by atoms with Crippen molar-refractivity contribution in [2.24, 2.45) is 5.41 Å². The number of carbonyl (C=O) groups is 1. The maximum Gasteiger partial charge on any atom is 0.405 e. The smallest absolute Gasteiger partial charge is 0.405 e. The molecule has 1 amide bonds. The van der Waals surface area contributed by atoms with Gasteiger partial charge in [-0.25, -0.2) is 4.79 Å². The van der Waals surface area contributed by atoms with E-state index in [0.717, 1.165) is 47.5 Å². The van der Waals surface area contributed by atoms with E-state index in [4.69, 9.17) is 9.47 Å². The third-order valence-corrected chi connectivity index (χ3v) is 5.97. The SMILES string of the molecule is CCC1(CC)Cc2cc(-c3cc(OC)cc(OC)c3)ccc2C1NC(=O)O. The summed E-state index contributed by atoms with van der Waals surface area (Å²) in [4.78, 5) is 11.4. The van der Waals surface area contributed by atoms with Crippen molar-refractivity contribution in [2.45, 2.75) is 39.2 Å². The molecular weight excluding hydrogens is 342 g/mol. The number of rotatable bonds is 6. The molecule has 144 valence electrons. The summed E-state index contributed by atoms with van der Waals surface area (Å²) in [6, 6.07) is 11.9. The Balaban J connectivity index is 2.05. The predicted octanol–water partition coefficient (Wildman–Crippen LogP) is 5.04. The second-order valence-corrected chi connectivity index (χ2v) is 7.14. The summed E-state index contributed by atoms with van der Waals surface area (Å²) in [5.74, 6) is 1.48. The van der Waals surface area contributed by atoms with Crippen molar-refractivity contribution in [3.63, 3.8) is 0 Å². The van der Waals surface area contributed by atoms with Gasteiger partial charge in [0.05, 0.1) is 20.3 Å². The molecule has 5 nitrogen and oxygen atoms in total. The average Bonchev–Trinajstić information content (AvgIpc) is 3.00. The highest BCUT2D eigenvalue weighted by molar-refractivity contribution is 5.70. The molecule has 5 heteroatoms. The lowest BCUT2D eigenvalue weighted by atomic mass is 9.76. The molecule has 1 aliphatic carbocycles. The normalized spacial score (nSPS) is 17.3. The van der Waals surface area contributed by atoms with Gasteiger partial charge < -0.3 is 19.9 Å². The lowest BCUT2D eigenvalue weighted by Gasteiger charge is -2.33. The van der Waals surface area contributed by atoms with Crippen molar-refractivity contribution < 1.29 is 19.4 Å². The summed E-state index contributed by atoms with van der Waals surface area (Å²) in [7, 11) is 3.28. The molecule has 0 fully saturated rings. The van der Waals surface area contributed by atoms with E-state index < -0.39 is 6.09 Å². The lowest BCUT2D eigenvalue weighted by molar-refractivity contribution is 0.157. The quantitative estimate of drug-likeness (QED) is 0.748. The lowest BCUT2D eigenvalue weighted by Crippen LogP contribution is -2.37. The second kappa shape index (κ2) is 7.51. The van der Waals surface area contributed by atoms with Gasteiger partial charge in [0.15, 0.2) is 0 Å². The Kier molecular flexibility index (Phi) is 5.31. The number of hydrogen-bond donors (Lipinski definition) is 2. The largest absolute Gasteiger partial charge is 0.497 e. The van der Waals surface area contributed by atoms with E-state index in [0.29, 0.717) is 0 Å². The summed E-state index contributed by atoms with van der Waals surface area (Å²) < 4.78 is 10.8. The Labute approximate surface area is 160 Å². The molecule has 0 aliphatic heterocycles. The van der Waals surface area contributed by atoms with Crippen LogP contribution in [0.25, 0.3) is 11.1 Å². The van der Waals surface area contributed by atoms with Gasteiger partial charge in [-0.15, -0.1) is 0 Å². The number of nitrogens with one attached hydrogen (secondary N) is 1. The first-order chi connectivity index (χ1) is 13.0. The fourth-order valence-corrected chi connectivity index (χ4v) is 4.27. The fraction of sp³-hybridized carbons (Fsp3) is 0.409. The van der Waals surface area contributed by atoms with Gasteiger partial charge in [0.1, 0.15) is 11.5 Å². The summed E-state index contributed by atoms with van der Waals surface area (Å²) in [5.41, 5.74) is 4.30. The molecule has 2 aromatic carbocycles. The molecule has 0 saturated heterocycles. The maximum atomic E-state index is 11.4. The minimum absolute atomic E-state index is 0.0780. The highest BCUT2D eigenvalue weighted by Crippen LogP contribution is 2.51. The van der Waals surface area contributed by atoms with Gasteiger partial charge >= 0.3 is 6.09 Å². The van der Waals surface area contributed by atoms with E-state index in [2.05, 4.69) is 31.3 Å². The zero-order valence-corrected chi connectivity index (χ0v) is 16.3. The van der Waals surface area contributed by atoms with Crippen LogP contribution in [0.5, 0.6) is 11.5 Å². The Morgan fingerprint density at radius 2 is 1.70 bits per heavy atom. The Morgan fingerprint density at radius 3 is 2.22 bits per heavy atom. The van der Waals surface area contributed by atoms with E-state index in [9.17, 15) is 9.90 Å². The molecular formula is C22H27NO4. The van der Waals surface area contributed by atoms with E-state index in [1.54, 1.807) is 14.2 Å². The van der Waals surface area contributed by atoms with Gasteiger partial charge in [-0.1, -0.05) is 32.0 Å². The topological polar surface area (TPSA) is 67.8 Å². The first-order valence-corrected chi connectivity index (χ1v) is 9.32. The second-order valence-electron chi connectivity index (χ2n) is 7.14. The van der Waals surface area contributed by atoms with Gasteiger partial charge in [0.2, 0.25) is 0 Å². The van der Waals surface area contributed by atoms with Gasteiger partial charge in [0, 0.05) is 6.07 Å². The van der Waals surface area contributed by atoms with Crippen molar-refractivity contribution in [1.29, 1.82) is 0 Å². The predicted molar refractivity (Wildman–Crippen MR) is 106 cm³/mol. The summed E-state index contributed by atoms with van der Waals surface area (Å²) in [6.07, 6.45) is 1.74. The minimum Gasteiger partial charge on any atom is -0.497 e. The molecule has 0 radical (unpaired) electrons. The minimum atomic E-state index is -0.972. The number of ether oxygens (including phenoxy) is 2. The highest BCUT2D eigenvalue weighted by atomic mass is 16.5. The van der Waals surface area contributed by atoms with Crippen LogP contribution < -0.4 is 14.8 Å². The number of benzene rings is 2. The number of hydrogen-bond acceptors (Lipinski definition) is 3. The van der Waals surface area contributed by atoms with Crippen LogP contribution in [0.3, 0.4) is 0 Å². The molecule has 0 heterocycles. The number of carboxylic acid groups (broad SMARTS) is 1. The van der Waals surface area contributed by atoms with Crippen molar-refractivity contribution in [3.05, 3.63) is 47.5 Å². The van der Waals surface area contributed by atoms with Gasteiger partial charge in [-0.2, -0.15) is 0 Å². The van der Waals surface area contributed by atoms with Crippen LogP contribution >= 0.6 is 0 Å². The number of methoxy groups -OCH3 is 2. The average molecular weight is 369 g/mol. The molecule has 3 rings (SSSR count). The number of fused-ring (bicyclic) bond motifs is 1. The molecule has 1 aliphatic rings. The van der Waals surface area contributed by atoms with Gasteiger partial charge in [-0.05, 0) is 59.1 Å². The summed E-state index contributed by atoms with van der Waals surface area (Å²) in [5, 5.41) is 12.1. The van der Waals surface area contributed by atoms with Crippen LogP contribution in [0.4, 0.5) is 4.79 Å². The van der Waals surface area contributed by atoms with Crippen LogP contribution in [-0.2, 0) is 6.42 Å². The maximum absolute atomic E-state index is 11.4. The van der Waals surface area contributed by atoms with Gasteiger partial charge in [-0.3, -0.25) is 0 Å². The Morgan fingerprint density at radius 1 is 1.07 bits per heavy atom. The molecule has 0 spiro atoms. The van der Waals surface area contributed by atoms with E-state index in [1.807, 2.05) is 24.3 Å². The van der Waals surface area contributed by atoms with Crippen molar-refractivity contribution in [2.75, 3.05) is 14.2 Å².